The van der Waals surface area contributed by atoms with Gasteiger partial charge in [-0.15, -0.1) is 0 Å². The van der Waals surface area contributed by atoms with Crippen LogP contribution in [0.15, 0.2) is 0 Å². The molecule has 0 rings (SSSR count). The van der Waals surface area contributed by atoms with Crippen LogP contribution in [0.1, 0.15) is 329 Å². The molecule has 0 heterocycles. The first-order chi connectivity index (χ1) is 31.4. The van der Waals surface area contributed by atoms with Crippen LogP contribution in [0.5, 0.6) is 0 Å². The third kappa shape index (κ3) is 51.4. The number of esters is 3. The van der Waals surface area contributed by atoms with Gasteiger partial charge in [0.15, 0.2) is 6.10 Å². The average molecular weight is 906 g/mol. The lowest BCUT2D eigenvalue weighted by atomic mass is 10.0. The van der Waals surface area contributed by atoms with Crippen molar-refractivity contribution in [3.63, 3.8) is 0 Å². The molecule has 0 spiro atoms. The summed E-state index contributed by atoms with van der Waals surface area (Å²) in [6.07, 6.45) is 56.7. The Balaban J connectivity index is 4.27. The molecular formula is C58H112O6. The Kier molecular flexibility index (Phi) is 51.1. The van der Waals surface area contributed by atoms with Crippen LogP contribution in [0.4, 0.5) is 0 Å². The van der Waals surface area contributed by atoms with E-state index in [2.05, 4.69) is 27.7 Å². The number of carbonyl (C=O) groups excluding carboxylic acids is 3. The first-order valence-electron chi connectivity index (χ1n) is 28.9. The van der Waals surface area contributed by atoms with Crippen LogP contribution in [0.3, 0.4) is 0 Å². The number of carbonyl (C=O) groups is 3. The third-order valence-corrected chi connectivity index (χ3v) is 13.3. The molecule has 0 saturated carbocycles. The Hall–Kier alpha value is -1.59. The van der Waals surface area contributed by atoms with Crippen molar-refractivity contribution in [2.45, 2.75) is 336 Å². The zero-order chi connectivity index (χ0) is 46.7. The molecule has 0 fully saturated rings. The van der Waals surface area contributed by atoms with Gasteiger partial charge >= 0.3 is 17.9 Å². The molecule has 380 valence electrons. The van der Waals surface area contributed by atoms with Crippen LogP contribution in [0, 0.1) is 5.92 Å². The van der Waals surface area contributed by atoms with Gasteiger partial charge in [-0.2, -0.15) is 0 Å². The van der Waals surface area contributed by atoms with E-state index in [9.17, 15) is 14.4 Å². The fourth-order valence-electron chi connectivity index (χ4n) is 8.92. The minimum atomic E-state index is -0.762. The van der Waals surface area contributed by atoms with Gasteiger partial charge in [-0.1, -0.05) is 291 Å². The lowest BCUT2D eigenvalue weighted by Crippen LogP contribution is -2.30. The van der Waals surface area contributed by atoms with E-state index in [0.717, 1.165) is 63.7 Å². The molecule has 0 aliphatic heterocycles. The quantitative estimate of drug-likeness (QED) is 0.0344. The molecule has 6 heteroatoms. The van der Waals surface area contributed by atoms with Gasteiger partial charge in [0.25, 0.3) is 0 Å². The summed E-state index contributed by atoms with van der Waals surface area (Å²) in [5, 5.41) is 0. The lowest BCUT2D eigenvalue weighted by molar-refractivity contribution is -0.167. The second kappa shape index (κ2) is 52.4. The summed E-state index contributed by atoms with van der Waals surface area (Å²) >= 11 is 0. The zero-order valence-electron chi connectivity index (χ0n) is 43.8. The van der Waals surface area contributed by atoms with Crippen molar-refractivity contribution in [1.29, 1.82) is 0 Å². The molecule has 0 aliphatic carbocycles. The van der Waals surface area contributed by atoms with Crippen LogP contribution in [0.2, 0.25) is 0 Å². The van der Waals surface area contributed by atoms with Crippen molar-refractivity contribution < 1.29 is 28.6 Å². The molecule has 0 N–H and O–H groups in total. The van der Waals surface area contributed by atoms with Crippen LogP contribution < -0.4 is 0 Å². The average Bonchev–Trinajstić information content (AvgIpc) is 3.28. The van der Waals surface area contributed by atoms with Crippen molar-refractivity contribution in [3.8, 4) is 0 Å². The van der Waals surface area contributed by atoms with Crippen molar-refractivity contribution in [3.05, 3.63) is 0 Å². The van der Waals surface area contributed by atoms with Crippen LogP contribution in [0.25, 0.3) is 0 Å². The number of unbranched alkanes of at least 4 members (excludes halogenated alkanes) is 40. The van der Waals surface area contributed by atoms with E-state index in [0.29, 0.717) is 19.3 Å². The van der Waals surface area contributed by atoms with Crippen LogP contribution in [-0.4, -0.2) is 37.2 Å². The summed E-state index contributed by atoms with van der Waals surface area (Å²) in [6.45, 7) is 9.04. The minimum Gasteiger partial charge on any atom is -0.462 e. The van der Waals surface area contributed by atoms with Crippen molar-refractivity contribution in [1.82, 2.24) is 0 Å². The van der Waals surface area contributed by atoms with E-state index < -0.39 is 6.10 Å². The normalized spacial score (nSPS) is 12.0. The molecule has 0 radical (unpaired) electrons. The SMILES string of the molecule is CCCCCCCCCCCCCCCCCCCCC(=O)OC[C@H](COC(=O)CCCCCCCCCCCC(C)C)OC(=O)CCCCCCCCCCCCCCCCCC. The summed E-state index contributed by atoms with van der Waals surface area (Å²) < 4.78 is 16.9. The molecule has 0 amide bonds. The van der Waals surface area contributed by atoms with E-state index in [1.165, 1.54) is 225 Å². The molecule has 0 unspecified atom stereocenters. The zero-order valence-corrected chi connectivity index (χ0v) is 43.8. The van der Waals surface area contributed by atoms with Crippen LogP contribution in [-0.2, 0) is 28.6 Å². The van der Waals surface area contributed by atoms with Gasteiger partial charge in [0.05, 0.1) is 0 Å². The van der Waals surface area contributed by atoms with E-state index in [4.69, 9.17) is 14.2 Å². The number of hydrogen-bond donors (Lipinski definition) is 0. The summed E-state index contributed by atoms with van der Waals surface area (Å²) in [7, 11) is 0. The third-order valence-electron chi connectivity index (χ3n) is 13.3. The maximum absolute atomic E-state index is 12.8. The number of rotatable bonds is 53. The van der Waals surface area contributed by atoms with Gasteiger partial charge < -0.3 is 14.2 Å². The monoisotopic (exact) mass is 905 g/mol. The molecule has 1 atom stereocenters. The van der Waals surface area contributed by atoms with Gasteiger partial charge in [0, 0.05) is 19.3 Å². The van der Waals surface area contributed by atoms with Crippen molar-refractivity contribution in [2.75, 3.05) is 13.2 Å². The molecular weight excluding hydrogens is 793 g/mol. The van der Waals surface area contributed by atoms with E-state index in [-0.39, 0.29) is 31.1 Å². The predicted molar refractivity (Wildman–Crippen MR) is 275 cm³/mol. The molecule has 6 nitrogen and oxygen atoms in total. The molecule has 64 heavy (non-hydrogen) atoms. The van der Waals surface area contributed by atoms with Crippen LogP contribution >= 0.6 is 0 Å². The maximum atomic E-state index is 12.8. The second-order valence-electron chi connectivity index (χ2n) is 20.4. The fraction of sp³-hybridized carbons (Fsp3) is 0.948. The highest BCUT2D eigenvalue weighted by atomic mass is 16.6. The Morgan fingerprint density at radius 1 is 0.297 bits per heavy atom. The van der Waals surface area contributed by atoms with E-state index >= 15 is 0 Å². The summed E-state index contributed by atoms with van der Waals surface area (Å²) in [5.41, 5.74) is 0. The molecule has 0 saturated heterocycles. The van der Waals surface area contributed by atoms with Crippen molar-refractivity contribution >= 4 is 17.9 Å². The second-order valence-corrected chi connectivity index (χ2v) is 20.4. The fourth-order valence-corrected chi connectivity index (χ4v) is 8.92. The largest absolute Gasteiger partial charge is 0.462 e. The van der Waals surface area contributed by atoms with Gasteiger partial charge in [0.1, 0.15) is 13.2 Å². The highest BCUT2D eigenvalue weighted by molar-refractivity contribution is 5.71. The lowest BCUT2D eigenvalue weighted by Gasteiger charge is -2.18. The Labute approximate surface area is 399 Å². The highest BCUT2D eigenvalue weighted by Crippen LogP contribution is 2.18. The number of ether oxygens (including phenoxy) is 3. The first kappa shape index (κ1) is 62.4. The minimum absolute atomic E-state index is 0.0622. The Morgan fingerprint density at radius 2 is 0.516 bits per heavy atom. The summed E-state index contributed by atoms with van der Waals surface area (Å²) in [5.74, 6) is -0.0288. The highest BCUT2D eigenvalue weighted by Gasteiger charge is 2.19. The van der Waals surface area contributed by atoms with E-state index in [1.807, 2.05) is 0 Å². The molecule has 0 aromatic heterocycles. The molecule has 0 aromatic rings. The number of hydrogen-bond acceptors (Lipinski definition) is 6. The van der Waals surface area contributed by atoms with E-state index in [1.54, 1.807) is 0 Å². The summed E-state index contributed by atoms with van der Waals surface area (Å²) in [6, 6.07) is 0. The molecule has 0 bridgehead atoms. The smallest absolute Gasteiger partial charge is 0.306 e. The topological polar surface area (TPSA) is 78.9 Å². The maximum Gasteiger partial charge on any atom is 0.306 e. The van der Waals surface area contributed by atoms with Gasteiger partial charge in [0.2, 0.25) is 0 Å². The van der Waals surface area contributed by atoms with Gasteiger partial charge in [-0.25, -0.2) is 0 Å². The molecule has 0 aliphatic rings. The Morgan fingerprint density at radius 3 is 0.766 bits per heavy atom. The van der Waals surface area contributed by atoms with Gasteiger partial charge in [-0.3, -0.25) is 14.4 Å². The van der Waals surface area contributed by atoms with Crippen molar-refractivity contribution in [2.24, 2.45) is 5.92 Å². The Bertz CT molecular complexity index is 964. The van der Waals surface area contributed by atoms with Gasteiger partial charge in [-0.05, 0) is 25.2 Å². The molecule has 0 aromatic carbocycles. The first-order valence-corrected chi connectivity index (χ1v) is 28.9. The summed E-state index contributed by atoms with van der Waals surface area (Å²) in [4.78, 5) is 38.1. The predicted octanol–water partition coefficient (Wildman–Crippen LogP) is 19.0. The standard InChI is InChI=1S/C58H112O6/c1-5-7-9-11-13-15-17-19-21-23-24-26-27-29-33-37-41-45-49-56(59)62-52-55(53-63-57(60)50-46-42-38-35-31-32-36-40-44-48-54(3)4)64-58(61)51-47-43-39-34-30-28-25-22-20-18-16-14-12-10-8-6-2/h54-55H,5-53H2,1-4H3/t55-/m1/s1.